The lowest BCUT2D eigenvalue weighted by molar-refractivity contribution is -0.122. The molecule has 1 fully saturated rings. The third-order valence-electron chi connectivity index (χ3n) is 3.86. The van der Waals surface area contributed by atoms with Gasteiger partial charge >= 0.3 is 0 Å². The summed E-state index contributed by atoms with van der Waals surface area (Å²) in [5.41, 5.74) is 0.237. The van der Waals surface area contributed by atoms with Gasteiger partial charge in [0, 0.05) is 17.3 Å². The quantitative estimate of drug-likeness (QED) is 0.747. The van der Waals surface area contributed by atoms with Crippen LogP contribution in [-0.4, -0.2) is 17.3 Å². The van der Waals surface area contributed by atoms with E-state index in [2.05, 4.69) is 48.9 Å². The minimum absolute atomic E-state index is 0.236. The van der Waals surface area contributed by atoms with Crippen LogP contribution in [0.3, 0.4) is 0 Å². The highest BCUT2D eigenvalue weighted by atomic mass is 79.9. The summed E-state index contributed by atoms with van der Waals surface area (Å²) in [5.74, 6) is 1.14. The van der Waals surface area contributed by atoms with E-state index in [4.69, 9.17) is 0 Å². The van der Waals surface area contributed by atoms with Crippen molar-refractivity contribution in [3.63, 3.8) is 0 Å². The number of carbonyl (C=O) groups excluding carboxylic acids is 1. The smallest absolute Gasteiger partial charge is 0.223 e. The van der Waals surface area contributed by atoms with Crippen molar-refractivity contribution < 1.29 is 4.79 Å². The molecule has 16 heavy (non-hydrogen) atoms. The van der Waals surface area contributed by atoms with E-state index < -0.39 is 0 Å². The van der Waals surface area contributed by atoms with Crippen LogP contribution in [0.1, 0.15) is 47.0 Å². The molecule has 1 aliphatic rings. The molecule has 1 saturated carbocycles. The summed E-state index contributed by atoms with van der Waals surface area (Å²) >= 11 is 3.68. The molecule has 1 amide bonds. The second kappa shape index (κ2) is 5.52. The molecule has 0 saturated heterocycles. The van der Waals surface area contributed by atoms with Gasteiger partial charge in [-0.05, 0) is 17.8 Å². The molecule has 3 heteroatoms. The van der Waals surface area contributed by atoms with Crippen molar-refractivity contribution >= 4 is 21.8 Å². The van der Waals surface area contributed by atoms with Gasteiger partial charge in [-0.2, -0.15) is 0 Å². The monoisotopic (exact) mass is 289 g/mol. The Labute approximate surface area is 108 Å². The van der Waals surface area contributed by atoms with Crippen molar-refractivity contribution in [3.8, 4) is 0 Å². The Hall–Kier alpha value is -0.0500. The van der Waals surface area contributed by atoms with Crippen molar-refractivity contribution in [1.82, 2.24) is 5.32 Å². The summed E-state index contributed by atoms with van der Waals surface area (Å²) < 4.78 is 0. The zero-order valence-electron chi connectivity index (χ0n) is 10.8. The molecule has 0 spiro atoms. The van der Waals surface area contributed by atoms with Crippen molar-refractivity contribution in [2.75, 3.05) is 6.54 Å². The molecular weight excluding hydrogens is 266 g/mol. The average Bonchev–Trinajstić information content (AvgIpc) is 2.86. The van der Waals surface area contributed by atoms with Gasteiger partial charge in [0.2, 0.25) is 5.91 Å². The Bertz CT molecular complexity index is 248. The molecule has 0 aromatic heterocycles. The van der Waals surface area contributed by atoms with E-state index in [9.17, 15) is 4.79 Å². The van der Waals surface area contributed by atoms with E-state index in [0.29, 0.717) is 10.7 Å². The first-order chi connectivity index (χ1) is 7.42. The number of nitrogens with one attached hydrogen (secondary N) is 1. The highest BCUT2D eigenvalue weighted by molar-refractivity contribution is 9.09. The Morgan fingerprint density at radius 2 is 1.94 bits per heavy atom. The van der Waals surface area contributed by atoms with Gasteiger partial charge in [0.15, 0.2) is 0 Å². The van der Waals surface area contributed by atoms with Crippen LogP contribution in [0.25, 0.3) is 0 Å². The van der Waals surface area contributed by atoms with Gasteiger partial charge < -0.3 is 5.32 Å². The van der Waals surface area contributed by atoms with Gasteiger partial charge in [-0.3, -0.25) is 4.79 Å². The maximum atomic E-state index is 11.8. The summed E-state index contributed by atoms with van der Waals surface area (Å²) in [6.07, 6.45) is 3.37. The molecule has 0 bridgehead atoms. The summed E-state index contributed by atoms with van der Waals surface area (Å²) in [6.45, 7) is 9.48. The fourth-order valence-electron chi connectivity index (χ4n) is 2.20. The highest BCUT2D eigenvalue weighted by Crippen LogP contribution is 2.51. The average molecular weight is 290 g/mol. The second-order valence-corrected chi connectivity index (χ2v) is 6.76. The fraction of sp³-hybridized carbons (Fsp3) is 0.923. The number of carbonyl (C=O) groups is 1. The first-order valence-corrected chi connectivity index (χ1v) is 7.25. The molecule has 1 N–H and O–H groups in total. The van der Waals surface area contributed by atoms with E-state index in [1.807, 2.05) is 0 Å². The van der Waals surface area contributed by atoms with Gasteiger partial charge in [0.1, 0.15) is 0 Å². The molecule has 1 rings (SSSR count). The molecular formula is C13H24BrNO. The van der Waals surface area contributed by atoms with E-state index in [1.54, 1.807) is 0 Å². The van der Waals surface area contributed by atoms with Gasteiger partial charge in [0.05, 0.1) is 0 Å². The predicted molar refractivity (Wildman–Crippen MR) is 71.7 cm³/mol. The van der Waals surface area contributed by atoms with Crippen LogP contribution in [0.2, 0.25) is 0 Å². The third-order valence-corrected chi connectivity index (χ3v) is 4.93. The van der Waals surface area contributed by atoms with Crippen LogP contribution in [-0.2, 0) is 4.79 Å². The molecule has 0 radical (unpaired) electrons. The molecule has 2 atom stereocenters. The predicted octanol–water partition coefficient (Wildman–Crippen LogP) is 3.35. The number of alkyl halides is 1. The largest absolute Gasteiger partial charge is 0.355 e. The SMILES string of the molecule is CCC(CC)C(Br)CNC(=O)C1CC1(C)C. The van der Waals surface area contributed by atoms with Gasteiger partial charge in [-0.15, -0.1) is 0 Å². The van der Waals surface area contributed by atoms with Gasteiger partial charge in [0.25, 0.3) is 0 Å². The Morgan fingerprint density at radius 3 is 2.31 bits per heavy atom. The number of halogens is 1. The van der Waals surface area contributed by atoms with Crippen LogP contribution in [0.15, 0.2) is 0 Å². The van der Waals surface area contributed by atoms with Crippen LogP contribution < -0.4 is 5.32 Å². The lowest BCUT2D eigenvalue weighted by Crippen LogP contribution is -2.34. The van der Waals surface area contributed by atoms with E-state index in [-0.39, 0.29) is 17.2 Å². The van der Waals surface area contributed by atoms with E-state index >= 15 is 0 Å². The molecule has 2 nitrogen and oxygen atoms in total. The molecule has 0 aromatic rings. The lowest BCUT2D eigenvalue weighted by Gasteiger charge is -2.20. The first-order valence-electron chi connectivity index (χ1n) is 6.34. The molecule has 94 valence electrons. The zero-order chi connectivity index (χ0) is 12.3. The summed E-state index contributed by atoms with van der Waals surface area (Å²) in [7, 11) is 0. The van der Waals surface area contributed by atoms with Crippen molar-refractivity contribution in [3.05, 3.63) is 0 Å². The van der Waals surface area contributed by atoms with Crippen LogP contribution in [0, 0.1) is 17.3 Å². The van der Waals surface area contributed by atoms with Crippen LogP contribution in [0.5, 0.6) is 0 Å². The summed E-state index contributed by atoms with van der Waals surface area (Å²) in [6, 6.07) is 0. The Morgan fingerprint density at radius 1 is 1.44 bits per heavy atom. The number of amides is 1. The lowest BCUT2D eigenvalue weighted by atomic mass is 9.99. The molecule has 0 aliphatic heterocycles. The minimum Gasteiger partial charge on any atom is -0.355 e. The number of rotatable bonds is 6. The fourth-order valence-corrected chi connectivity index (χ4v) is 3.11. The zero-order valence-corrected chi connectivity index (χ0v) is 12.4. The molecule has 1 aliphatic carbocycles. The second-order valence-electron chi connectivity index (χ2n) is 5.58. The number of hydrogen-bond acceptors (Lipinski definition) is 1. The van der Waals surface area contributed by atoms with Crippen LogP contribution in [0.4, 0.5) is 0 Å². The first kappa shape index (κ1) is 14.0. The maximum Gasteiger partial charge on any atom is 0.223 e. The molecule has 0 heterocycles. The standard InChI is InChI=1S/C13H24BrNO/c1-5-9(6-2)11(14)8-15-12(16)10-7-13(10,3)4/h9-11H,5-8H2,1-4H3,(H,15,16). The topological polar surface area (TPSA) is 29.1 Å². The molecule has 0 aromatic carbocycles. The Balaban J connectivity index is 2.27. The summed E-state index contributed by atoms with van der Waals surface area (Å²) in [4.78, 5) is 12.2. The normalized spacial score (nSPS) is 24.2. The maximum absolute atomic E-state index is 11.8. The third kappa shape index (κ3) is 3.47. The minimum atomic E-state index is 0.236. The van der Waals surface area contributed by atoms with Crippen molar-refractivity contribution in [1.29, 1.82) is 0 Å². The van der Waals surface area contributed by atoms with E-state index in [0.717, 1.165) is 25.8 Å². The van der Waals surface area contributed by atoms with Gasteiger partial charge in [-0.1, -0.05) is 56.5 Å². The van der Waals surface area contributed by atoms with E-state index in [1.165, 1.54) is 0 Å². The summed E-state index contributed by atoms with van der Waals surface area (Å²) in [5, 5.41) is 3.06. The number of hydrogen-bond donors (Lipinski definition) is 1. The van der Waals surface area contributed by atoms with Crippen molar-refractivity contribution in [2.24, 2.45) is 17.3 Å². The molecule has 2 unspecified atom stereocenters. The highest BCUT2D eigenvalue weighted by Gasteiger charge is 2.50. The van der Waals surface area contributed by atoms with Crippen molar-refractivity contribution in [2.45, 2.75) is 51.8 Å². The van der Waals surface area contributed by atoms with Gasteiger partial charge in [-0.25, -0.2) is 0 Å². The van der Waals surface area contributed by atoms with Crippen LogP contribution >= 0.6 is 15.9 Å². The Kier molecular flexibility index (Phi) is 4.84.